The SMILES string of the molecule is NC(=S)NN/C=C1\N=CC=CC1=O. The van der Waals surface area contributed by atoms with Crippen LogP contribution in [0.15, 0.2) is 29.0 Å². The van der Waals surface area contributed by atoms with Gasteiger partial charge < -0.3 is 11.2 Å². The number of hydrogen-bond donors (Lipinski definition) is 3. The zero-order valence-corrected chi connectivity index (χ0v) is 7.47. The molecule has 0 unspecified atom stereocenters. The van der Waals surface area contributed by atoms with Crippen LogP contribution in [0.3, 0.4) is 0 Å². The van der Waals surface area contributed by atoms with Crippen LogP contribution >= 0.6 is 12.2 Å². The molecule has 0 radical (unpaired) electrons. The van der Waals surface area contributed by atoms with E-state index in [0.717, 1.165) is 0 Å². The Labute approximate surface area is 80.4 Å². The summed E-state index contributed by atoms with van der Waals surface area (Å²) < 4.78 is 0. The van der Waals surface area contributed by atoms with E-state index in [1.165, 1.54) is 18.5 Å². The maximum Gasteiger partial charge on any atom is 0.205 e. The van der Waals surface area contributed by atoms with Crippen molar-refractivity contribution in [3.63, 3.8) is 0 Å². The molecule has 0 fully saturated rings. The molecule has 1 aliphatic heterocycles. The van der Waals surface area contributed by atoms with Gasteiger partial charge in [-0.25, -0.2) is 0 Å². The van der Waals surface area contributed by atoms with Crippen molar-refractivity contribution in [1.82, 2.24) is 10.9 Å². The lowest BCUT2D eigenvalue weighted by Gasteiger charge is -2.04. The molecule has 0 saturated carbocycles. The maximum atomic E-state index is 11.1. The summed E-state index contributed by atoms with van der Waals surface area (Å²) >= 11 is 4.53. The first kappa shape index (κ1) is 9.40. The number of rotatable bonds is 2. The van der Waals surface area contributed by atoms with Crippen LogP contribution in [0.5, 0.6) is 0 Å². The topological polar surface area (TPSA) is 79.5 Å². The molecular formula is C7H8N4OS. The third kappa shape index (κ3) is 3.04. The van der Waals surface area contributed by atoms with E-state index in [1.54, 1.807) is 6.08 Å². The van der Waals surface area contributed by atoms with Gasteiger partial charge in [0.25, 0.3) is 0 Å². The molecule has 6 heteroatoms. The summed E-state index contributed by atoms with van der Waals surface area (Å²) in [6.07, 6.45) is 5.90. The Morgan fingerprint density at radius 2 is 2.46 bits per heavy atom. The third-order valence-electron chi connectivity index (χ3n) is 1.20. The van der Waals surface area contributed by atoms with E-state index >= 15 is 0 Å². The molecule has 0 atom stereocenters. The summed E-state index contributed by atoms with van der Waals surface area (Å²) in [6.45, 7) is 0. The number of nitrogens with one attached hydrogen (secondary N) is 2. The number of carbonyl (C=O) groups is 1. The highest BCUT2D eigenvalue weighted by Crippen LogP contribution is 2.01. The first-order valence-electron chi connectivity index (χ1n) is 3.46. The number of ketones is 1. The van der Waals surface area contributed by atoms with Crippen LogP contribution < -0.4 is 16.6 Å². The zero-order valence-electron chi connectivity index (χ0n) is 6.65. The second-order valence-corrected chi connectivity index (χ2v) is 2.60. The molecule has 5 nitrogen and oxygen atoms in total. The van der Waals surface area contributed by atoms with Gasteiger partial charge in [0.1, 0.15) is 5.70 Å². The molecular weight excluding hydrogens is 188 g/mol. The minimum absolute atomic E-state index is 0.0969. The van der Waals surface area contributed by atoms with Gasteiger partial charge in [-0.1, -0.05) is 0 Å². The van der Waals surface area contributed by atoms with E-state index in [1.807, 2.05) is 0 Å². The van der Waals surface area contributed by atoms with Crippen LogP contribution in [0.25, 0.3) is 0 Å². The standard InChI is InChI=1S/C7H8N4OS/c8-7(13)11-10-4-5-6(12)2-1-3-9-5/h1-4,10H,(H3,8,11,13)/b5-4-. The molecule has 1 rings (SSSR count). The number of hydrazine groups is 1. The molecule has 0 spiro atoms. The molecule has 0 aromatic carbocycles. The Hall–Kier alpha value is -1.69. The summed E-state index contributed by atoms with van der Waals surface area (Å²) in [6, 6.07) is 0. The monoisotopic (exact) mass is 196 g/mol. The van der Waals surface area contributed by atoms with Crippen molar-refractivity contribution in [2.75, 3.05) is 0 Å². The number of allylic oxidation sites excluding steroid dienone is 2. The Bertz CT molecular complexity index is 318. The van der Waals surface area contributed by atoms with Gasteiger partial charge in [-0.05, 0) is 24.4 Å². The van der Waals surface area contributed by atoms with Gasteiger partial charge in [0.2, 0.25) is 5.78 Å². The van der Waals surface area contributed by atoms with E-state index in [0.29, 0.717) is 5.70 Å². The quantitative estimate of drug-likeness (QED) is 0.311. The smallest absolute Gasteiger partial charge is 0.205 e. The molecule has 1 aliphatic rings. The van der Waals surface area contributed by atoms with Crippen LogP contribution in [0.2, 0.25) is 0 Å². The third-order valence-corrected chi connectivity index (χ3v) is 1.31. The lowest BCUT2D eigenvalue weighted by molar-refractivity contribution is -0.111. The van der Waals surface area contributed by atoms with Gasteiger partial charge in [-0.3, -0.25) is 15.2 Å². The van der Waals surface area contributed by atoms with E-state index < -0.39 is 0 Å². The molecule has 0 aromatic rings. The van der Waals surface area contributed by atoms with Crippen molar-refractivity contribution in [2.24, 2.45) is 10.7 Å². The summed E-state index contributed by atoms with van der Waals surface area (Å²) in [5.41, 5.74) is 10.4. The molecule has 0 bridgehead atoms. The van der Waals surface area contributed by atoms with Gasteiger partial charge in [0.15, 0.2) is 5.11 Å². The molecule has 1 heterocycles. The zero-order chi connectivity index (χ0) is 9.68. The summed E-state index contributed by atoms with van der Waals surface area (Å²) in [5, 5.41) is 0.0969. The summed E-state index contributed by atoms with van der Waals surface area (Å²) in [4.78, 5) is 14.9. The number of dihydropyridines is 1. The van der Waals surface area contributed by atoms with Crippen molar-refractivity contribution >= 4 is 29.3 Å². The van der Waals surface area contributed by atoms with Crippen LogP contribution in [-0.2, 0) is 4.79 Å². The Morgan fingerprint density at radius 1 is 1.69 bits per heavy atom. The van der Waals surface area contributed by atoms with Crippen molar-refractivity contribution < 1.29 is 4.79 Å². The number of nitrogens with two attached hydrogens (primary N) is 1. The van der Waals surface area contributed by atoms with E-state index in [2.05, 4.69) is 28.1 Å². The lowest BCUT2D eigenvalue weighted by atomic mass is 10.2. The second kappa shape index (κ2) is 4.36. The number of thiocarbonyl (C=S) groups is 1. The number of nitrogens with zero attached hydrogens (tertiary/aromatic N) is 1. The number of carbonyl (C=O) groups excluding carboxylic acids is 1. The maximum absolute atomic E-state index is 11.1. The van der Waals surface area contributed by atoms with Crippen molar-refractivity contribution in [3.8, 4) is 0 Å². The predicted octanol–water partition coefficient (Wildman–Crippen LogP) is -0.625. The highest BCUT2D eigenvalue weighted by Gasteiger charge is 2.05. The van der Waals surface area contributed by atoms with E-state index in [4.69, 9.17) is 5.73 Å². The molecule has 68 valence electrons. The van der Waals surface area contributed by atoms with Crippen molar-refractivity contribution in [1.29, 1.82) is 0 Å². The Balaban J connectivity index is 2.51. The fourth-order valence-corrected chi connectivity index (χ4v) is 0.746. The predicted molar refractivity (Wildman–Crippen MR) is 53.8 cm³/mol. The van der Waals surface area contributed by atoms with Crippen LogP contribution in [0, 0.1) is 0 Å². The van der Waals surface area contributed by atoms with Crippen molar-refractivity contribution in [2.45, 2.75) is 0 Å². The second-order valence-electron chi connectivity index (χ2n) is 2.16. The summed E-state index contributed by atoms with van der Waals surface area (Å²) in [5.74, 6) is -0.167. The van der Waals surface area contributed by atoms with E-state index in [-0.39, 0.29) is 10.9 Å². The van der Waals surface area contributed by atoms with Crippen LogP contribution in [0.4, 0.5) is 0 Å². The Morgan fingerprint density at radius 3 is 3.08 bits per heavy atom. The summed E-state index contributed by atoms with van der Waals surface area (Å²) in [7, 11) is 0. The number of hydrogen-bond acceptors (Lipinski definition) is 4. The van der Waals surface area contributed by atoms with E-state index in [9.17, 15) is 4.79 Å². The first-order chi connectivity index (χ1) is 6.20. The van der Waals surface area contributed by atoms with Gasteiger partial charge in [-0.2, -0.15) is 0 Å². The molecule has 4 N–H and O–H groups in total. The van der Waals surface area contributed by atoms with Crippen LogP contribution in [-0.4, -0.2) is 17.1 Å². The average molecular weight is 196 g/mol. The minimum atomic E-state index is -0.167. The largest absolute Gasteiger partial charge is 0.375 e. The molecule has 0 aliphatic carbocycles. The lowest BCUT2D eigenvalue weighted by Crippen LogP contribution is -2.38. The molecule has 13 heavy (non-hydrogen) atoms. The molecule has 0 saturated heterocycles. The number of aliphatic imine (C=N–C) groups is 1. The normalized spacial score (nSPS) is 17.5. The van der Waals surface area contributed by atoms with Crippen LogP contribution in [0.1, 0.15) is 0 Å². The van der Waals surface area contributed by atoms with Gasteiger partial charge in [0.05, 0.1) is 0 Å². The van der Waals surface area contributed by atoms with Gasteiger partial charge in [-0.15, -0.1) is 0 Å². The Kier molecular flexibility index (Phi) is 3.15. The fourth-order valence-electron chi connectivity index (χ4n) is 0.687. The highest BCUT2D eigenvalue weighted by molar-refractivity contribution is 7.80. The van der Waals surface area contributed by atoms with Gasteiger partial charge in [0, 0.05) is 12.4 Å². The minimum Gasteiger partial charge on any atom is -0.375 e. The van der Waals surface area contributed by atoms with Gasteiger partial charge >= 0.3 is 0 Å². The van der Waals surface area contributed by atoms with Crippen molar-refractivity contribution in [3.05, 3.63) is 24.0 Å². The average Bonchev–Trinajstić information content (AvgIpc) is 2.08. The fraction of sp³-hybridized carbons (Fsp3) is 0. The highest BCUT2D eigenvalue weighted by atomic mass is 32.1. The molecule has 0 amide bonds. The first-order valence-corrected chi connectivity index (χ1v) is 3.87. The molecule has 0 aromatic heterocycles.